The Hall–Kier alpha value is -2.99. The number of halogens is 1. The molecular weight excluding hydrogens is 432 g/mol. The summed E-state index contributed by atoms with van der Waals surface area (Å²) >= 11 is 6.29. The van der Waals surface area contributed by atoms with Crippen molar-refractivity contribution < 1.29 is 28.5 Å². The largest absolute Gasteiger partial charge is 0.496 e. The molecule has 7 heteroatoms. The summed E-state index contributed by atoms with van der Waals surface area (Å²) in [6.07, 6.45) is 1.44. The lowest BCUT2D eigenvalue weighted by atomic mass is 10.0. The van der Waals surface area contributed by atoms with E-state index in [4.69, 9.17) is 30.5 Å². The summed E-state index contributed by atoms with van der Waals surface area (Å²) < 4.78 is 21.9. The first kappa shape index (κ1) is 23.7. The summed E-state index contributed by atoms with van der Waals surface area (Å²) in [5.41, 5.74) is 3.13. The van der Waals surface area contributed by atoms with Crippen molar-refractivity contribution in [1.29, 1.82) is 0 Å². The van der Waals surface area contributed by atoms with Crippen LogP contribution in [0.15, 0.2) is 35.9 Å². The van der Waals surface area contributed by atoms with Gasteiger partial charge in [-0.3, -0.25) is 0 Å². The van der Waals surface area contributed by atoms with Gasteiger partial charge in [-0.1, -0.05) is 31.5 Å². The molecular formula is C25H27ClO6. The number of cyclic esters (lactones) is 2. The van der Waals surface area contributed by atoms with Gasteiger partial charge in [0.05, 0.1) is 7.11 Å². The zero-order valence-corrected chi connectivity index (χ0v) is 19.8. The number of hydrogen-bond acceptors (Lipinski definition) is 6. The van der Waals surface area contributed by atoms with Crippen molar-refractivity contribution in [3.05, 3.63) is 63.2 Å². The molecule has 0 aliphatic carbocycles. The summed E-state index contributed by atoms with van der Waals surface area (Å²) in [4.78, 5) is 24.5. The highest BCUT2D eigenvalue weighted by Crippen LogP contribution is 2.33. The third-order valence-corrected chi connectivity index (χ3v) is 5.44. The molecule has 0 saturated carbocycles. The number of methoxy groups -OCH3 is 1. The van der Waals surface area contributed by atoms with E-state index in [-0.39, 0.29) is 18.1 Å². The minimum atomic E-state index is -1.28. The van der Waals surface area contributed by atoms with Crippen LogP contribution in [0, 0.1) is 6.92 Å². The van der Waals surface area contributed by atoms with Crippen molar-refractivity contribution in [3.63, 3.8) is 0 Å². The van der Waals surface area contributed by atoms with Gasteiger partial charge >= 0.3 is 11.9 Å². The van der Waals surface area contributed by atoms with E-state index >= 15 is 0 Å². The number of esters is 2. The molecule has 0 spiro atoms. The van der Waals surface area contributed by atoms with Crippen LogP contribution in [-0.2, 0) is 25.7 Å². The Morgan fingerprint density at radius 3 is 2.31 bits per heavy atom. The lowest BCUT2D eigenvalue weighted by Gasteiger charge is -2.29. The quantitative estimate of drug-likeness (QED) is 0.320. The first-order valence-electron chi connectivity index (χ1n) is 10.3. The van der Waals surface area contributed by atoms with E-state index in [0.717, 1.165) is 22.4 Å². The molecule has 0 amide bonds. The number of ether oxygens (including phenoxy) is 4. The Morgan fingerprint density at radius 2 is 1.72 bits per heavy atom. The van der Waals surface area contributed by atoms with Crippen LogP contribution in [-0.4, -0.2) is 24.8 Å². The van der Waals surface area contributed by atoms with Crippen molar-refractivity contribution in [2.45, 2.75) is 52.9 Å². The maximum Gasteiger partial charge on any atom is 0.348 e. The standard InChI is InChI=1S/C25H27ClO6/c1-14(2)18-12-20(26)15(3)9-22(18)30-13-17-10-16(7-8-21(17)29-6)11-19-23(27)31-25(4,5)32-24(19)28/h7-12,14H,13H2,1-6H3. The zero-order valence-electron chi connectivity index (χ0n) is 19.1. The van der Waals surface area contributed by atoms with E-state index in [0.29, 0.717) is 16.3 Å². The van der Waals surface area contributed by atoms with Gasteiger partial charge in [0.2, 0.25) is 0 Å². The number of carbonyl (C=O) groups excluding carboxylic acids is 2. The van der Waals surface area contributed by atoms with Gasteiger partial charge in [0.25, 0.3) is 5.79 Å². The molecule has 1 saturated heterocycles. The van der Waals surface area contributed by atoms with Gasteiger partial charge < -0.3 is 18.9 Å². The van der Waals surface area contributed by atoms with Crippen LogP contribution >= 0.6 is 11.6 Å². The topological polar surface area (TPSA) is 71.1 Å². The molecule has 0 aromatic heterocycles. The van der Waals surface area contributed by atoms with Gasteiger partial charge in [0.15, 0.2) is 0 Å². The van der Waals surface area contributed by atoms with Crippen molar-refractivity contribution in [1.82, 2.24) is 0 Å². The van der Waals surface area contributed by atoms with Gasteiger partial charge in [0, 0.05) is 24.4 Å². The van der Waals surface area contributed by atoms with E-state index in [1.807, 2.05) is 19.1 Å². The molecule has 2 aromatic rings. The number of hydrogen-bond donors (Lipinski definition) is 0. The molecule has 6 nitrogen and oxygen atoms in total. The molecule has 1 aliphatic rings. The predicted octanol–water partition coefficient (Wildman–Crippen LogP) is 5.58. The SMILES string of the molecule is COc1ccc(C=C2C(=O)OC(C)(C)OC2=O)cc1COc1cc(C)c(Cl)cc1C(C)C. The Balaban J connectivity index is 1.89. The molecule has 1 fully saturated rings. The molecule has 0 bridgehead atoms. The Bertz CT molecular complexity index is 1060. The number of aryl methyl sites for hydroxylation is 1. The van der Waals surface area contributed by atoms with E-state index in [1.54, 1.807) is 25.3 Å². The predicted molar refractivity (Wildman–Crippen MR) is 122 cm³/mol. The minimum absolute atomic E-state index is 0.170. The monoisotopic (exact) mass is 458 g/mol. The molecule has 0 N–H and O–H groups in total. The third kappa shape index (κ3) is 5.25. The normalized spacial score (nSPS) is 15.3. The summed E-state index contributed by atoms with van der Waals surface area (Å²) in [6, 6.07) is 9.14. The Labute approximate surface area is 193 Å². The Kier molecular flexibility index (Phi) is 6.84. The van der Waals surface area contributed by atoms with Gasteiger partial charge in [-0.25, -0.2) is 9.59 Å². The summed E-state index contributed by atoms with van der Waals surface area (Å²) in [7, 11) is 1.57. The summed E-state index contributed by atoms with van der Waals surface area (Å²) in [6.45, 7) is 9.31. The van der Waals surface area contributed by atoms with Gasteiger partial charge in [-0.15, -0.1) is 0 Å². The highest BCUT2D eigenvalue weighted by Gasteiger charge is 2.38. The highest BCUT2D eigenvalue weighted by atomic mass is 35.5. The molecule has 2 aromatic carbocycles. The van der Waals surface area contributed by atoms with E-state index < -0.39 is 17.7 Å². The van der Waals surface area contributed by atoms with Gasteiger partial charge in [-0.2, -0.15) is 0 Å². The fourth-order valence-corrected chi connectivity index (χ4v) is 3.52. The fourth-order valence-electron chi connectivity index (χ4n) is 3.35. The number of rotatable bonds is 6. The third-order valence-electron chi connectivity index (χ3n) is 5.03. The second kappa shape index (κ2) is 9.25. The van der Waals surface area contributed by atoms with E-state index in [9.17, 15) is 9.59 Å². The van der Waals surface area contributed by atoms with Crippen LogP contribution in [0.3, 0.4) is 0 Å². The maximum atomic E-state index is 12.3. The smallest absolute Gasteiger partial charge is 0.348 e. The molecule has 3 rings (SSSR count). The second-order valence-electron chi connectivity index (χ2n) is 8.39. The molecule has 0 radical (unpaired) electrons. The fraction of sp³-hybridized carbons (Fsp3) is 0.360. The van der Waals surface area contributed by atoms with Crippen LogP contribution in [0.5, 0.6) is 11.5 Å². The lowest BCUT2D eigenvalue weighted by Crippen LogP contribution is -2.41. The Morgan fingerprint density at radius 1 is 1.06 bits per heavy atom. The first-order chi connectivity index (χ1) is 15.0. The minimum Gasteiger partial charge on any atom is -0.496 e. The average Bonchev–Trinajstić information content (AvgIpc) is 2.70. The van der Waals surface area contributed by atoms with Crippen molar-refractivity contribution in [3.8, 4) is 11.5 Å². The number of carbonyl (C=O) groups is 2. The van der Waals surface area contributed by atoms with Crippen LogP contribution < -0.4 is 9.47 Å². The average molecular weight is 459 g/mol. The molecule has 1 heterocycles. The van der Waals surface area contributed by atoms with E-state index in [2.05, 4.69) is 13.8 Å². The van der Waals surface area contributed by atoms with Crippen molar-refractivity contribution in [2.75, 3.05) is 7.11 Å². The molecule has 0 unspecified atom stereocenters. The first-order valence-corrected chi connectivity index (χ1v) is 10.7. The van der Waals surface area contributed by atoms with E-state index in [1.165, 1.54) is 19.9 Å². The summed E-state index contributed by atoms with van der Waals surface area (Å²) in [5.74, 6) is -1.13. The molecule has 1 aliphatic heterocycles. The maximum absolute atomic E-state index is 12.3. The van der Waals surface area contributed by atoms with Gasteiger partial charge in [-0.05, 0) is 59.9 Å². The highest BCUT2D eigenvalue weighted by molar-refractivity contribution is 6.31. The summed E-state index contributed by atoms with van der Waals surface area (Å²) in [5, 5.41) is 0.696. The van der Waals surface area contributed by atoms with Crippen LogP contribution in [0.4, 0.5) is 0 Å². The van der Waals surface area contributed by atoms with Gasteiger partial charge in [0.1, 0.15) is 23.7 Å². The van der Waals surface area contributed by atoms with Crippen LogP contribution in [0.1, 0.15) is 55.9 Å². The van der Waals surface area contributed by atoms with Crippen LogP contribution in [0.2, 0.25) is 5.02 Å². The van der Waals surface area contributed by atoms with Crippen molar-refractivity contribution in [2.24, 2.45) is 0 Å². The molecule has 0 atom stereocenters. The molecule has 32 heavy (non-hydrogen) atoms. The lowest BCUT2D eigenvalue weighted by molar-refractivity contribution is -0.222. The molecule has 170 valence electrons. The van der Waals surface area contributed by atoms with Crippen LogP contribution in [0.25, 0.3) is 6.08 Å². The zero-order chi connectivity index (χ0) is 23.6. The second-order valence-corrected chi connectivity index (χ2v) is 8.80. The van der Waals surface area contributed by atoms with Crippen molar-refractivity contribution >= 4 is 29.6 Å². The number of benzene rings is 2.